The second-order valence-corrected chi connectivity index (χ2v) is 7.11. The van der Waals surface area contributed by atoms with Gasteiger partial charge in [-0.2, -0.15) is 0 Å². The van der Waals surface area contributed by atoms with Crippen molar-refractivity contribution in [3.63, 3.8) is 0 Å². The average molecular weight is 389 g/mol. The molecule has 0 saturated heterocycles. The van der Waals surface area contributed by atoms with Crippen molar-refractivity contribution < 1.29 is 18.7 Å². The molecular formula is C24H20FNO3. The molecule has 1 aliphatic heterocycles. The summed E-state index contributed by atoms with van der Waals surface area (Å²) in [4.78, 5) is 27.0. The fraction of sp³-hybridized carbons (Fsp3) is 0.167. The summed E-state index contributed by atoms with van der Waals surface area (Å²) in [6.07, 6.45) is 0.167. The largest absolute Gasteiger partial charge is 0.489 e. The van der Waals surface area contributed by atoms with Gasteiger partial charge in [-0.05, 0) is 55.0 Å². The van der Waals surface area contributed by atoms with E-state index in [1.54, 1.807) is 29.2 Å². The number of carbonyl (C=O) groups is 2. The van der Waals surface area contributed by atoms with E-state index >= 15 is 0 Å². The van der Waals surface area contributed by atoms with Gasteiger partial charge in [0.25, 0.3) is 5.91 Å². The minimum Gasteiger partial charge on any atom is -0.489 e. The molecule has 4 rings (SSSR count). The summed E-state index contributed by atoms with van der Waals surface area (Å²) < 4.78 is 19.4. The normalized spacial score (nSPS) is 15.7. The highest BCUT2D eigenvalue weighted by molar-refractivity contribution is 6.13. The number of amides is 1. The molecule has 0 aliphatic carbocycles. The topological polar surface area (TPSA) is 46.6 Å². The first kappa shape index (κ1) is 18.9. The summed E-state index contributed by atoms with van der Waals surface area (Å²) in [7, 11) is 0. The van der Waals surface area contributed by atoms with Crippen molar-refractivity contribution in [3.8, 4) is 5.75 Å². The minimum absolute atomic E-state index is 0.152. The molecule has 3 aromatic rings. The third kappa shape index (κ3) is 3.90. The quantitative estimate of drug-likeness (QED) is 0.629. The van der Waals surface area contributed by atoms with Crippen LogP contribution >= 0.6 is 0 Å². The summed E-state index contributed by atoms with van der Waals surface area (Å²) in [5, 5.41) is 0. The van der Waals surface area contributed by atoms with Gasteiger partial charge in [-0.15, -0.1) is 0 Å². The van der Waals surface area contributed by atoms with Crippen LogP contribution in [0.1, 0.15) is 39.6 Å². The van der Waals surface area contributed by atoms with Gasteiger partial charge >= 0.3 is 0 Å². The summed E-state index contributed by atoms with van der Waals surface area (Å²) in [5.41, 5.74) is 2.24. The van der Waals surface area contributed by atoms with Crippen molar-refractivity contribution in [1.82, 2.24) is 0 Å². The van der Waals surface area contributed by atoms with E-state index in [0.717, 1.165) is 5.56 Å². The number of benzene rings is 3. The van der Waals surface area contributed by atoms with Crippen LogP contribution in [0.4, 0.5) is 10.1 Å². The third-order valence-electron chi connectivity index (χ3n) is 5.01. The van der Waals surface area contributed by atoms with Gasteiger partial charge in [0.05, 0.1) is 5.69 Å². The van der Waals surface area contributed by atoms with E-state index in [9.17, 15) is 14.0 Å². The lowest BCUT2D eigenvalue weighted by Crippen LogP contribution is -2.44. The number of halogens is 1. The Morgan fingerprint density at radius 1 is 1.07 bits per heavy atom. The Labute approximate surface area is 168 Å². The molecule has 29 heavy (non-hydrogen) atoms. The van der Waals surface area contributed by atoms with Crippen molar-refractivity contribution in [1.29, 1.82) is 0 Å². The van der Waals surface area contributed by atoms with E-state index in [4.69, 9.17) is 4.74 Å². The maximum absolute atomic E-state index is 13.6. The number of rotatable bonds is 4. The van der Waals surface area contributed by atoms with Gasteiger partial charge in [-0.1, -0.05) is 30.3 Å². The predicted molar refractivity (Wildman–Crippen MR) is 109 cm³/mol. The zero-order valence-corrected chi connectivity index (χ0v) is 16.0. The third-order valence-corrected chi connectivity index (χ3v) is 5.01. The van der Waals surface area contributed by atoms with Crippen LogP contribution in [0.15, 0.2) is 72.8 Å². The molecule has 0 fully saturated rings. The number of ether oxygens (including phenoxy) is 1. The lowest BCUT2D eigenvalue weighted by atomic mass is 9.94. The smallest absolute Gasteiger partial charge is 0.258 e. The molecule has 5 heteroatoms. The van der Waals surface area contributed by atoms with Gasteiger partial charge < -0.3 is 9.64 Å². The molecule has 3 aromatic carbocycles. The highest BCUT2D eigenvalue weighted by Gasteiger charge is 2.33. The Morgan fingerprint density at radius 3 is 2.52 bits per heavy atom. The van der Waals surface area contributed by atoms with Crippen LogP contribution in [0.25, 0.3) is 0 Å². The first-order valence-corrected chi connectivity index (χ1v) is 9.46. The van der Waals surface area contributed by atoms with Crippen LogP contribution in [0.3, 0.4) is 0 Å². The molecule has 1 amide bonds. The minimum atomic E-state index is -0.487. The molecule has 4 nitrogen and oxygen atoms in total. The number of anilines is 1. The molecular weight excluding hydrogens is 369 g/mol. The van der Waals surface area contributed by atoms with Gasteiger partial charge in [0.2, 0.25) is 0 Å². The Balaban J connectivity index is 1.53. The Bertz CT molecular complexity index is 1050. The average Bonchev–Trinajstić information content (AvgIpc) is 2.74. The molecule has 146 valence electrons. The molecule has 1 atom stereocenters. The first-order chi connectivity index (χ1) is 14.0. The van der Waals surface area contributed by atoms with E-state index in [1.807, 2.05) is 37.3 Å². The Kier molecular flexibility index (Phi) is 5.12. The Hall–Kier alpha value is -3.47. The van der Waals surface area contributed by atoms with Crippen molar-refractivity contribution in [2.45, 2.75) is 26.0 Å². The monoisotopic (exact) mass is 389 g/mol. The summed E-state index contributed by atoms with van der Waals surface area (Å²) in [6, 6.07) is 20.4. The molecule has 1 aliphatic rings. The van der Waals surface area contributed by atoms with Crippen LogP contribution in [-0.4, -0.2) is 17.7 Å². The molecule has 0 aromatic heterocycles. The summed E-state index contributed by atoms with van der Waals surface area (Å²) in [5.74, 6) is -0.207. The number of Topliss-reactive ketones (excluding diaryl/α,β-unsaturated/α-hetero) is 1. The molecule has 1 unspecified atom stereocenters. The SMILES string of the molecule is CC1CC(=O)c2cc(F)ccc2N1C(=O)c1ccc(OCc2ccccc2)cc1. The number of hydrogen-bond donors (Lipinski definition) is 0. The van der Waals surface area contributed by atoms with E-state index < -0.39 is 5.82 Å². The summed E-state index contributed by atoms with van der Waals surface area (Å²) >= 11 is 0. The van der Waals surface area contributed by atoms with E-state index in [0.29, 0.717) is 23.6 Å². The van der Waals surface area contributed by atoms with Gasteiger partial charge in [0, 0.05) is 23.6 Å². The second kappa shape index (κ2) is 7.87. The van der Waals surface area contributed by atoms with E-state index in [2.05, 4.69) is 0 Å². The fourth-order valence-corrected chi connectivity index (χ4v) is 3.53. The summed E-state index contributed by atoms with van der Waals surface area (Å²) in [6.45, 7) is 2.26. The van der Waals surface area contributed by atoms with Crippen LogP contribution in [-0.2, 0) is 6.61 Å². The van der Waals surface area contributed by atoms with Crippen molar-refractivity contribution in [3.05, 3.63) is 95.3 Å². The molecule has 0 bridgehead atoms. The molecule has 0 radical (unpaired) electrons. The lowest BCUT2D eigenvalue weighted by molar-refractivity contribution is 0.0936. The Morgan fingerprint density at radius 2 is 1.79 bits per heavy atom. The number of hydrogen-bond acceptors (Lipinski definition) is 3. The number of nitrogens with zero attached hydrogens (tertiary/aromatic N) is 1. The maximum atomic E-state index is 13.6. The van der Waals surface area contributed by atoms with E-state index in [1.165, 1.54) is 18.2 Å². The van der Waals surface area contributed by atoms with Gasteiger partial charge in [-0.25, -0.2) is 4.39 Å². The van der Waals surface area contributed by atoms with Gasteiger partial charge in [0.1, 0.15) is 18.2 Å². The highest BCUT2D eigenvalue weighted by Crippen LogP contribution is 2.32. The predicted octanol–water partition coefficient (Wildman–Crippen LogP) is 5.03. The van der Waals surface area contributed by atoms with Crippen molar-refractivity contribution in [2.75, 3.05) is 4.90 Å². The first-order valence-electron chi connectivity index (χ1n) is 9.46. The van der Waals surface area contributed by atoms with Gasteiger partial charge in [0.15, 0.2) is 5.78 Å². The zero-order chi connectivity index (χ0) is 20.4. The maximum Gasteiger partial charge on any atom is 0.258 e. The number of carbonyl (C=O) groups excluding carboxylic acids is 2. The van der Waals surface area contributed by atoms with Crippen molar-refractivity contribution >= 4 is 17.4 Å². The molecule has 0 saturated carbocycles. The second-order valence-electron chi connectivity index (χ2n) is 7.11. The standard InChI is InChI=1S/C24H20FNO3/c1-16-13-23(27)21-14-19(25)9-12-22(21)26(16)24(28)18-7-10-20(11-8-18)29-15-17-5-3-2-4-6-17/h2-12,14,16H,13,15H2,1H3. The van der Waals surface area contributed by atoms with Gasteiger partial charge in [-0.3, -0.25) is 9.59 Å². The molecule has 1 heterocycles. The number of fused-ring (bicyclic) bond motifs is 1. The fourth-order valence-electron chi connectivity index (χ4n) is 3.53. The molecule has 0 N–H and O–H groups in total. The zero-order valence-electron chi connectivity index (χ0n) is 16.0. The van der Waals surface area contributed by atoms with Crippen LogP contribution < -0.4 is 9.64 Å². The molecule has 0 spiro atoms. The van der Waals surface area contributed by atoms with Crippen LogP contribution in [0.5, 0.6) is 5.75 Å². The highest BCUT2D eigenvalue weighted by atomic mass is 19.1. The van der Waals surface area contributed by atoms with Crippen LogP contribution in [0.2, 0.25) is 0 Å². The van der Waals surface area contributed by atoms with Crippen LogP contribution in [0, 0.1) is 5.82 Å². The number of ketones is 1. The van der Waals surface area contributed by atoms with E-state index in [-0.39, 0.29) is 29.7 Å². The van der Waals surface area contributed by atoms with Crippen molar-refractivity contribution in [2.24, 2.45) is 0 Å². The lowest BCUT2D eigenvalue weighted by Gasteiger charge is -2.34.